The third-order valence-electron chi connectivity index (χ3n) is 4.60. The summed E-state index contributed by atoms with van der Waals surface area (Å²) < 4.78 is 6.99. The van der Waals surface area contributed by atoms with Crippen molar-refractivity contribution < 1.29 is 9.53 Å². The van der Waals surface area contributed by atoms with E-state index in [1.165, 1.54) is 5.56 Å². The second-order valence-corrected chi connectivity index (χ2v) is 6.76. The van der Waals surface area contributed by atoms with Crippen molar-refractivity contribution in [2.24, 2.45) is 0 Å². The van der Waals surface area contributed by atoms with E-state index in [1.54, 1.807) is 19.1 Å². The number of nitrogens with one attached hydrogen (secondary N) is 1. The van der Waals surface area contributed by atoms with Crippen LogP contribution in [0.1, 0.15) is 49.7 Å². The number of nitrogens with zero attached hydrogens (tertiary/aromatic N) is 5. The van der Waals surface area contributed by atoms with Gasteiger partial charge in [-0.2, -0.15) is 0 Å². The van der Waals surface area contributed by atoms with Crippen LogP contribution >= 0.6 is 0 Å². The molecule has 8 nitrogen and oxygen atoms in total. The number of ether oxygens (including phenoxy) is 1. The Balaban J connectivity index is 1.44. The van der Waals surface area contributed by atoms with Crippen LogP contribution in [-0.4, -0.2) is 51.8 Å². The minimum Gasteiger partial charge on any atom is -0.497 e. The van der Waals surface area contributed by atoms with E-state index in [2.05, 4.69) is 33.0 Å². The zero-order valence-corrected chi connectivity index (χ0v) is 15.6. The predicted octanol–water partition coefficient (Wildman–Crippen LogP) is 2.35. The Morgan fingerprint density at radius 2 is 2.12 bits per heavy atom. The van der Waals surface area contributed by atoms with Gasteiger partial charge in [-0.05, 0) is 60.7 Å². The first kappa shape index (κ1) is 18.2. The van der Waals surface area contributed by atoms with Gasteiger partial charge < -0.3 is 15.0 Å². The molecule has 1 aromatic heterocycles. The van der Waals surface area contributed by atoms with Crippen molar-refractivity contribution in [2.75, 3.05) is 20.7 Å². The molecule has 0 bridgehead atoms. The van der Waals surface area contributed by atoms with Crippen molar-refractivity contribution in [1.29, 1.82) is 0 Å². The molecule has 1 saturated carbocycles. The molecule has 1 heterocycles. The molecule has 2 aromatic rings. The monoisotopic (exact) mass is 358 g/mol. The first-order valence-electron chi connectivity index (χ1n) is 9.01. The topological polar surface area (TPSA) is 85.2 Å². The summed E-state index contributed by atoms with van der Waals surface area (Å²) in [4.78, 5) is 14.1. The maximum atomic E-state index is 12.4. The van der Waals surface area contributed by atoms with Crippen LogP contribution in [0.3, 0.4) is 0 Å². The van der Waals surface area contributed by atoms with Gasteiger partial charge in [0.25, 0.3) is 0 Å². The van der Waals surface area contributed by atoms with E-state index in [4.69, 9.17) is 4.74 Å². The Bertz CT molecular complexity index is 726. The third kappa shape index (κ3) is 4.50. The molecule has 2 amide bonds. The minimum absolute atomic E-state index is 0.113. The van der Waals surface area contributed by atoms with Gasteiger partial charge >= 0.3 is 6.03 Å². The molecule has 0 unspecified atom stereocenters. The smallest absolute Gasteiger partial charge is 0.317 e. The highest BCUT2D eigenvalue weighted by Crippen LogP contribution is 2.35. The second-order valence-electron chi connectivity index (χ2n) is 6.76. The number of amides is 2. The first-order chi connectivity index (χ1) is 12.6. The van der Waals surface area contributed by atoms with Crippen LogP contribution in [0, 0.1) is 0 Å². The summed E-state index contributed by atoms with van der Waals surface area (Å²) in [5.41, 5.74) is 1.23. The van der Waals surface area contributed by atoms with Crippen LogP contribution in [-0.2, 0) is 6.42 Å². The highest BCUT2D eigenvalue weighted by Gasteiger charge is 2.30. The number of aromatic nitrogens is 4. The Morgan fingerprint density at radius 1 is 1.38 bits per heavy atom. The quantitative estimate of drug-likeness (QED) is 0.783. The molecule has 8 heteroatoms. The maximum Gasteiger partial charge on any atom is 0.317 e. The van der Waals surface area contributed by atoms with Gasteiger partial charge in [0.15, 0.2) is 5.82 Å². The van der Waals surface area contributed by atoms with Crippen molar-refractivity contribution in [3.8, 4) is 5.75 Å². The van der Waals surface area contributed by atoms with Gasteiger partial charge in [-0.3, -0.25) is 0 Å². The normalized spacial score (nSPS) is 14.7. The van der Waals surface area contributed by atoms with E-state index in [0.717, 1.165) is 31.4 Å². The van der Waals surface area contributed by atoms with Gasteiger partial charge in [-0.25, -0.2) is 9.48 Å². The van der Waals surface area contributed by atoms with Crippen LogP contribution < -0.4 is 10.1 Å². The number of tetrazole rings is 1. The largest absolute Gasteiger partial charge is 0.497 e. The molecule has 0 spiro atoms. The lowest BCUT2D eigenvalue weighted by Gasteiger charge is -2.21. The van der Waals surface area contributed by atoms with Crippen LogP contribution in [0.5, 0.6) is 5.75 Å². The summed E-state index contributed by atoms with van der Waals surface area (Å²) in [7, 11) is 3.46. The summed E-state index contributed by atoms with van der Waals surface area (Å²) in [6.07, 6.45) is 4.01. The van der Waals surface area contributed by atoms with Gasteiger partial charge in [0.2, 0.25) is 0 Å². The Morgan fingerprint density at radius 3 is 2.77 bits per heavy atom. The van der Waals surface area contributed by atoms with E-state index >= 15 is 0 Å². The lowest BCUT2D eigenvalue weighted by Crippen LogP contribution is -2.39. The highest BCUT2D eigenvalue weighted by atomic mass is 16.5. The summed E-state index contributed by atoms with van der Waals surface area (Å²) in [6, 6.07) is 8.08. The van der Waals surface area contributed by atoms with Crippen LogP contribution in [0.2, 0.25) is 0 Å². The van der Waals surface area contributed by atoms with Crippen LogP contribution in [0.25, 0.3) is 0 Å². The average molecular weight is 358 g/mol. The summed E-state index contributed by atoms with van der Waals surface area (Å²) in [5, 5.41) is 14.8. The van der Waals surface area contributed by atoms with Crippen molar-refractivity contribution in [3.63, 3.8) is 0 Å². The summed E-state index contributed by atoms with van der Waals surface area (Å²) in [6.45, 7) is 2.59. The van der Waals surface area contributed by atoms with E-state index in [-0.39, 0.29) is 12.1 Å². The first-order valence-corrected chi connectivity index (χ1v) is 9.01. The molecule has 26 heavy (non-hydrogen) atoms. The maximum absolute atomic E-state index is 12.4. The number of rotatable bonds is 8. The number of hydrogen-bond acceptors (Lipinski definition) is 5. The van der Waals surface area contributed by atoms with Gasteiger partial charge in [0.05, 0.1) is 19.2 Å². The lowest BCUT2D eigenvalue weighted by molar-refractivity contribution is 0.204. The SMILES string of the molecule is COc1ccc(CCCN(C)C(=O)N[C@H](C)c2nnnn2C2CC2)cc1. The molecule has 0 radical (unpaired) electrons. The molecule has 1 atom stereocenters. The second kappa shape index (κ2) is 8.16. The molecule has 1 fully saturated rings. The molecule has 1 aliphatic carbocycles. The molecule has 0 aliphatic heterocycles. The van der Waals surface area contributed by atoms with Crippen molar-refractivity contribution in [1.82, 2.24) is 30.4 Å². The van der Waals surface area contributed by atoms with Gasteiger partial charge in [-0.1, -0.05) is 12.1 Å². The fourth-order valence-electron chi connectivity index (χ4n) is 2.84. The molecule has 1 N–H and O–H groups in total. The molecular formula is C18H26N6O2. The fraction of sp³-hybridized carbons (Fsp3) is 0.556. The van der Waals surface area contributed by atoms with E-state index < -0.39 is 0 Å². The fourth-order valence-corrected chi connectivity index (χ4v) is 2.84. The number of aryl methyl sites for hydroxylation is 1. The summed E-state index contributed by atoms with van der Waals surface area (Å²) >= 11 is 0. The Labute approximate surface area is 153 Å². The minimum atomic E-state index is -0.220. The third-order valence-corrected chi connectivity index (χ3v) is 4.60. The summed E-state index contributed by atoms with van der Waals surface area (Å²) in [5.74, 6) is 1.57. The Kier molecular flexibility index (Phi) is 5.70. The molecule has 3 rings (SSSR count). The Hall–Kier alpha value is -2.64. The molecule has 1 aromatic carbocycles. The number of carbonyl (C=O) groups excluding carboxylic acids is 1. The standard InChI is InChI=1S/C18H26N6O2/c1-13(17-20-21-22-24(17)15-8-9-15)19-18(25)23(2)12-4-5-14-6-10-16(26-3)11-7-14/h6-7,10-11,13,15H,4-5,8-9,12H2,1-3H3,(H,19,25)/t13-/m1/s1. The molecular weight excluding hydrogens is 332 g/mol. The number of methoxy groups -OCH3 is 1. The lowest BCUT2D eigenvalue weighted by atomic mass is 10.1. The van der Waals surface area contributed by atoms with Gasteiger partial charge in [-0.15, -0.1) is 5.10 Å². The van der Waals surface area contributed by atoms with Gasteiger partial charge in [0.1, 0.15) is 5.75 Å². The van der Waals surface area contributed by atoms with E-state index in [0.29, 0.717) is 18.4 Å². The number of hydrogen-bond donors (Lipinski definition) is 1. The number of carbonyl (C=O) groups is 1. The van der Waals surface area contributed by atoms with Crippen molar-refractivity contribution in [2.45, 2.75) is 44.7 Å². The van der Waals surface area contributed by atoms with Crippen LogP contribution in [0.15, 0.2) is 24.3 Å². The van der Waals surface area contributed by atoms with Crippen molar-refractivity contribution in [3.05, 3.63) is 35.7 Å². The number of benzene rings is 1. The zero-order valence-electron chi connectivity index (χ0n) is 15.6. The molecule has 0 saturated heterocycles. The van der Waals surface area contributed by atoms with Crippen molar-refractivity contribution >= 4 is 6.03 Å². The molecule has 140 valence electrons. The highest BCUT2D eigenvalue weighted by molar-refractivity contribution is 5.74. The predicted molar refractivity (Wildman–Crippen MR) is 97.0 cm³/mol. The van der Waals surface area contributed by atoms with E-state index in [1.807, 2.05) is 23.7 Å². The van der Waals surface area contributed by atoms with E-state index in [9.17, 15) is 4.79 Å². The molecule has 1 aliphatic rings. The van der Waals surface area contributed by atoms with Crippen LogP contribution in [0.4, 0.5) is 4.79 Å². The zero-order chi connectivity index (χ0) is 18.5. The average Bonchev–Trinajstić information content (AvgIpc) is 3.38. The number of urea groups is 1. The van der Waals surface area contributed by atoms with Gasteiger partial charge in [0, 0.05) is 13.6 Å².